The highest BCUT2D eigenvalue weighted by Crippen LogP contribution is 2.47. The number of hydrogen-bond acceptors (Lipinski definition) is 8. The van der Waals surface area contributed by atoms with Crippen molar-refractivity contribution in [2.75, 3.05) is 14.2 Å². The molecule has 3 rings (SSSR count). The van der Waals surface area contributed by atoms with E-state index >= 15 is 0 Å². The van der Waals surface area contributed by atoms with Crippen molar-refractivity contribution in [3.05, 3.63) is 40.4 Å². The van der Waals surface area contributed by atoms with E-state index in [0.717, 1.165) is 5.69 Å². The van der Waals surface area contributed by atoms with Crippen molar-refractivity contribution < 1.29 is 23.7 Å². The third kappa shape index (κ3) is 3.01. The average Bonchev–Trinajstić information content (AvgIpc) is 3.00. The summed E-state index contributed by atoms with van der Waals surface area (Å²) in [5.74, 6) is -0.0662. The minimum absolute atomic E-state index is 0.0245. The van der Waals surface area contributed by atoms with Crippen molar-refractivity contribution in [3.8, 4) is 29.2 Å². The summed E-state index contributed by atoms with van der Waals surface area (Å²) in [6.07, 6.45) is 0. The lowest BCUT2D eigenvalue weighted by molar-refractivity contribution is -0.132. The predicted octanol–water partition coefficient (Wildman–Crippen LogP) is 1.88. The number of aromatic amines is 1. The van der Waals surface area contributed by atoms with Gasteiger partial charge in [0.05, 0.1) is 20.1 Å². The zero-order valence-electron chi connectivity index (χ0n) is 15.2. The SMILES string of the molecule is COc1cc([C@H]2C(C#N)=C(N)Oc3n[nH]c(C)c32)cc(OC)c1OC(C)=O. The van der Waals surface area contributed by atoms with Gasteiger partial charge in [-0.15, -0.1) is 5.10 Å². The van der Waals surface area contributed by atoms with Gasteiger partial charge in [0.2, 0.25) is 17.5 Å². The number of allylic oxidation sites excluding steroid dienone is 1. The van der Waals surface area contributed by atoms with Gasteiger partial charge < -0.3 is 24.7 Å². The quantitative estimate of drug-likeness (QED) is 0.616. The summed E-state index contributed by atoms with van der Waals surface area (Å²) < 4.78 is 21.4. The molecule has 1 atom stereocenters. The van der Waals surface area contributed by atoms with Crippen LogP contribution >= 0.6 is 0 Å². The van der Waals surface area contributed by atoms with E-state index in [-0.39, 0.29) is 28.7 Å². The number of nitrogens with two attached hydrogens (primary N) is 1. The third-order valence-electron chi connectivity index (χ3n) is 4.19. The number of rotatable bonds is 4. The predicted molar refractivity (Wildman–Crippen MR) is 93.5 cm³/mol. The van der Waals surface area contributed by atoms with E-state index in [2.05, 4.69) is 16.3 Å². The van der Waals surface area contributed by atoms with Crippen LogP contribution in [0.25, 0.3) is 0 Å². The van der Waals surface area contributed by atoms with E-state index in [1.807, 2.05) is 6.92 Å². The van der Waals surface area contributed by atoms with Gasteiger partial charge in [-0.25, -0.2) is 0 Å². The van der Waals surface area contributed by atoms with Gasteiger partial charge in [-0.3, -0.25) is 9.89 Å². The van der Waals surface area contributed by atoms with Crippen molar-refractivity contribution >= 4 is 5.97 Å². The first-order valence-corrected chi connectivity index (χ1v) is 7.98. The lowest BCUT2D eigenvalue weighted by Crippen LogP contribution is -2.21. The molecule has 0 amide bonds. The van der Waals surface area contributed by atoms with Crippen LogP contribution in [0.2, 0.25) is 0 Å². The maximum Gasteiger partial charge on any atom is 0.308 e. The van der Waals surface area contributed by atoms with Gasteiger partial charge in [0.15, 0.2) is 11.5 Å². The van der Waals surface area contributed by atoms with Crippen molar-refractivity contribution in [1.82, 2.24) is 10.2 Å². The first kappa shape index (κ1) is 18.1. The van der Waals surface area contributed by atoms with Crippen LogP contribution in [0.5, 0.6) is 23.1 Å². The maximum absolute atomic E-state index is 11.4. The fourth-order valence-electron chi connectivity index (χ4n) is 3.04. The lowest BCUT2D eigenvalue weighted by Gasteiger charge is -2.25. The largest absolute Gasteiger partial charge is 0.493 e. The summed E-state index contributed by atoms with van der Waals surface area (Å²) in [6.45, 7) is 3.10. The third-order valence-corrected chi connectivity index (χ3v) is 4.19. The van der Waals surface area contributed by atoms with E-state index in [0.29, 0.717) is 17.0 Å². The topological polar surface area (TPSA) is 132 Å². The Kier molecular flexibility index (Phi) is 4.64. The van der Waals surface area contributed by atoms with Crippen LogP contribution < -0.4 is 24.7 Å². The van der Waals surface area contributed by atoms with E-state index in [9.17, 15) is 10.1 Å². The zero-order chi connectivity index (χ0) is 19.7. The number of carbonyl (C=O) groups is 1. The average molecular weight is 370 g/mol. The van der Waals surface area contributed by atoms with Gasteiger partial charge in [-0.05, 0) is 24.6 Å². The maximum atomic E-state index is 11.4. The van der Waals surface area contributed by atoms with Crippen molar-refractivity contribution in [3.63, 3.8) is 0 Å². The first-order valence-electron chi connectivity index (χ1n) is 7.98. The van der Waals surface area contributed by atoms with Gasteiger partial charge in [0.25, 0.3) is 0 Å². The Morgan fingerprint density at radius 2 is 1.96 bits per heavy atom. The molecule has 1 aromatic carbocycles. The van der Waals surface area contributed by atoms with Crippen LogP contribution in [0, 0.1) is 18.3 Å². The number of aryl methyl sites for hydroxylation is 1. The fourth-order valence-corrected chi connectivity index (χ4v) is 3.04. The summed E-state index contributed by atoms with van der Waals surface area (Å²) >= 11 is 0. The first-order chi connectivity index (χ1) is 12.9. The molecule has 9 heteroatoms. The Morgan fingerprint density at radius 1 is 1.33 bits per heavy atom. The monoisotopic (exact) mass is 370 g/mol. The molecule has 2 aromatic rings. The summed E-state index contributed by atoms with van der Waals surface area (Å²) in [5, 5.41) is 16.6. The summed E-state index contributed by atoms with van der Waals surface area (Å²) in [7, 11) is 2.89. The van der Waals surface area contributed by atoms with E-state index < -0.39 is 11.9 Å². The molecule has 0 unspecified atom stereocenters. The van der Waals surface area contributed by atoms with Crippen LogP contribution in [-0.4, -0.2) is 30.4 Å². The summed E-state index contributed by atoms with van der Waals surface area (Å²) in [4.78, 5) is 11.4. The smallest absolute Gasteiger partial charge is 0.308 e. The van der Waals surface area contributed by atoms with Crippen molar-refractivity contribution in [1.29, 1.82) is 5.26 Å². The molecule has 3 N–H and O–H groups in total. The molecule has 0 radical (unpaired) electrons. The number of methoxy groups -OCH3 is 2. The molecular weight excluding hydrogens is 352 g/mol. The van der Waals surface area contributed by atoms with Crippen molar-refractivity contribution in [2.45, 2.75) is 19.8 Å². The highest BCUT2D eigenvalue weighted by Gasteiger charge is 2.35. The van der Waals surface area contributed by atoms with Crippen LogP contribution in [0.4, 0.5) is 0 Å². The number of H-pyrrole nitrogens is 1. The number of carbonyl (C=O) groups excluding carboxylic acids is 1. The number of hydrogen-bond donors (Lipinski definition) is 2. The molecule has 0 aliphatic carbocycles. The molecule has 140 valence electrons. The second kappa shape index (κ2) is 6.92. The number of nitrogens with zero attached hydrogens (tertiary/aromatic N) is 2. The van der Waals surface area contributed by atoms with Crippen molar-refractivity contribution in [2.24, 2.45) is 5.73 Å². The number of esters is 1. The Hall–Kier alpha value is -3.67. The van der Waals surface area contributed by atoms with Gasteiger partial charge in [0, 0.05) is 18.2 Å². The molecule has 2 heterocycles. The molecule has 1 aliphatic rings. The zero-order valence-corrected chi connectivity index (χ0v) is 15.2. The van der Waals surface area contributed by atoms with E-state index in [4.69, 9.17) is 24.7 Å². The molecule has 1 aromatic heterocycles. The van der Waals surface area contributed by atoms with Crippen LogP contribution in [0.1, 0.15) is 29.7 Å². The fraction of sp³-hybridized carbons (Fsp3) is 0.278. The van der Waals surface area contributed by atoms with Crippen LogP contribution in [0.15, 0.2) is 23.6 Å². The molecule has 9 nitrogen and oxygen atoms in total. The summed E-state index contributed by atoms with van der Waals surface area (Å²) in [5.41, 5.74) is 8.23. The number of fused-ring (bicyclic) bond motifs is 1. The highest BCUT2D eigenvalue weighted by atomic mass is 16.6. The van der Waals surface area contributed by atoms with Crippen LogP contribution in [-0.2, 0) is 4.79 Å². The number of benzene rings is 1. The minimum Gasteiger partial charge on any atom is -0.493 e. The van der Waals surface area contributed by atoms with E-state index in [1.54, 1.807) is 12.1 Å². The Bertz CT molecular complexity index is 961. The molecule has 0 bridgehead atoms. The Labute approximate surface area is 155 Å². The number of aromatic nitrogens is 2. The molecular formula is C18H18N4O5. The van der Waals surface area contributed by atoms with Crippen LogP contribution in [0.3, 0.4) is 0 Å². The standard InChI is InChI=1S/C18H18N4O5/c1-8-14-15(11(7-19)17(20)27-18(14)22-21-8)10-5-12(24-3)16(26-9(2)23)13(6-10)25-4/h5-6,15H,20H2,1-4H3,(H,21,22)/t15-/m0/s1. The second-order valence-electron chi connectivity index (χ2n) is 5.84. The van der Waals surface area contributed by atoms with Gasteiger partial charge in [-0.1, -0.05) is 0 Å². The molecule has 1 aliphatic heterocycles. The number of nitriles is 1. The molecule has 0 fully saturated rings. The number of nitrogens with one attached hydrogen (secondary N) is 1. The van der Waals surface area contributed by atoms with Gasteiger partial charge >= 0.3 is 5.97 Å². The molecule has 27 heavy (non-hydrogen) atoms. The normalized spacial score (nSPS) is 15.4. The van der Waals surface area contributed by atoms with E-state index in [1.165, 1.54) is 21.1 Å². The Morgan fingerprint density at radius 3 is 2.48 bits per heavy atom. The molecule has 0 spiro atoms. The highest BCUT2D eigenvalue weighted by molar-refractivity contribution is 5.73. The minimum atomic E-state index is -0.549. The van der Waals surface area contributed by atoms with Gasteiger partial charge in [-0.2, -0.15) is 5.26 Å². The lowest BCUT2D eigenvalue weighted by atomic mass is 9.84. The number of ether oxygens (including phenoxy) is 4. The van der Waals surface area contributed by atoms with Gasteiger partial charge in [0.1, 0.15) is 11.6 Å². The second-order valence-corrected chi connectivity index (χ2v) is 5.84. The Balaban J connectivity index is 2.25. The summed E-state index contributed by atoms with van der Waals surface area (Å²) in [6, 6.07) is 5.43. The molecule has 0 saturated carbocycles. The molecule has 0 saturated heterocycles.